The van der Waals surface area contributed by atoms with E-state index in [1.165, 1.54) is 0 Å². The summed E-state index contributed by atoms with van der Waals surface area (Å²) in [6, 6.07) is 0. The van der Waals surface area contributed by atoms with Crippen molar-refractivity contribution in [2.75, 3.05) is 0 Å². The highest BCUT2D eigenvalue weighted by molar-refractivity contribution is 5.83. The molecule has 0 aliphatic carbocycles. The number of hydrogen-bond donors (Lipinski definition) is 3. The Morgan fingerprint density at radius 3 is 1.75 bits per heavy atom. The molecular formula is C18H28O6. The predicted molar refractivity (Wildman–Crippen MR) is 90.9 cm³/mol. The van der Waals surface area contributed by atoms with Crippen LogP contribution in [0.2, 0.25) is 0 Å². The van der Waals surface area contributed by atoms with Crippen molar-refractivity contribution >= 4 is 17.9 Å². The Labute approximate surface area is 142 Å². The summed E-state index contributed by atoms with van der Waals surface area (Å²) in [6.45, 7) is 0. The van der Waals surface area contributed by atoms with E-state index in [1.54, 1.807) is 6.08 Å². The van der Waals surface area contributed by atoms with Crippen LogP contribution in [0, 0.1) is 0 Å². The van der Waals surface area contributed by atoms with Crippen molar-refractivity contribution in [2.24, 2.45) is 0 Å². The van der Waals surface area contributed by atoms with E-state index in [4.69, 9.17) is 15.3 Å². The van der Waals surface area contributed by atoms with E-state index in [1.807, 2.05) is 6.08 Å². The first-order valence-electron chi connectivity index (χ1n) is 8.45. The van der Waals surface area contributed by atoms with Crippen molar-refractivity contribution in [1.29, 1.82) is 0 Å². The van der Waals surface area contributed by atoms with Gasteiger partial charge in [0.2, 0.25) is 0 Å². The highest BCUT2D eigenvalue weighted by Crippen LogP contribution is 2.11. The molecule has 0 spiro atoms. The van der Waals surface area contributed by atoms with Gasteiger partial charge in [-0.2, -0.15) is 0 Å². The summed E-state index contributed by atoms with van der Waals surface area (Å²) >= 11 is 0. The molecule has 0 aliphatic rings. The van der Waals surface area contributed by atoms with Crippen molar-refractivity contribution in [3.8, 4) is 0 Å². The van der Waals surface area contributed by atoms with Gasteiger partial charge in [0, 0.05) is 12.5 Å². The van der Waals surface area contributed by atoms with Crippen molar-refractivity contribution in [3.05, 3.63) is 23.8 Å². The number of hydrogen-bond acceptors (Lipinski definition) is 3. The van der Waals surface area contributed by atoms with Gasteiger partial charge in [-0.1, -0.05) is 50.7 Å². The lowest BCUT2D eigenvalue weighted by molar-refractivity contribution is -0.137. The van der Waals surface area contributed by atoms with Gasteiger partial charge in [0.15, 0.2) is 0 Å². The molecule has 0 aromatic heterocycles. The SMILES string of the molecule is O=C(O)/C=C(\C=C\CCCCCCCCCCC(=O)O)CC(=O)O. The van der Waals surface area contributed by atoms with E-state index >= 15 is 0 Å². The highest BCUT2D eigenvalue weighted by atomic mass is 16.4. The van der Waals surface area contributed by atoms with Crippen LogP contribution in [0.3, 0.4) is 0 Å². The lowest BCUT2D eigenvalue weighted by Gasteiger charge is -2.01. The summed E-state index contributed by atoms with van der Waals surface area (Å²) in [4.78, 5) is 31.6. The molecule has 0 bridgehead atoms. The first kappa shape index (κ1) is 21.9. The maximum absolute atomic E-state index is 10.6. The lowest BCUT2D eigenvalue weighted by atomic mass is 10.1. The maximum atomic E-state index is 10.6. The van der Waals surface area contributed by atoms with Crippen molar-refractivity contribution in [2.45, 2.75) is 70.6 Å². The first-order valence-corrected chi connectivity index (χ1v) is 8.45. The summed E-state index contributed by atoms with van der Waals surface area (Å²) in [5.74, 6) is -2.91. The zero-order valence-corrected chi connectivity index (χ0v) is 14.1. The van der Waals surface area contributed by atoms with Crippen molar-refractivity contribution in [3.63, 3.8) is 0 Å². The number of carboxylic acid groups (broad SMARTS) is 3. The van der Waals surface area contributed by atoms with Crippen LogP contribution >= 0.6 is 0 Å². The Hall–Kier alpha value is -2.11. The Morgan fingerprint density at radius 1 is 0.708 bits per heavy atom. The first-order chi connectivity index (χ1) is 11.4. The Morgan fingerprint density at radius 2 is 1.25 bits per heavy atom. The van der Waals surface area contributed by atoms with E-state index in [2.05, 4.69) is 0 Å². The molecule has 0 heterocycles. The molecule has 0 saturated carbocycles. The number of allylic oxidation sites excluding steroid dienone is 2. The third kappa shape index (κ3) is 16.3. The molecule has 0 fully saturated rings. The van der Waals surface area contributed by atoms with E-state index in [-0.39, 0.29) is 18.4 Å². The van der Waals surface area contributed by atoms with Gasteiger partial charge in [-0.25, -0.2) is 4.79 Å². The lowest BCUT2D eigenvalue weighted by Crippen LogP contribution is -1.98. The summed E-state index contributed by atoms with van der Waals surface area (Å²) in [5.41, 5.74) is 0.288. The van der Waals surface area contributed by atoms with Gasteiger partial charge in [0.05, 0.1) is 6.42 Å². The molecule has 0 saturated heterocycles. The average molecular weight is 340 g/mol. The summed E-state index contributed by atoms with van der Waals surface area (Å²) in [7, 11) is 0. The standard InChI is InChI=1S/C18H28O6/c19-16(20)12-10-8-6-4-2-1-3-5-7-9-11-15(13-17(21)22)14-18(23)24/h9,11,13H,1-8,10,12,14H2,(H,19,20)(H,21,22)(H,23,24)/b11-9+,15-13+. The fourth-order valence-electron chi connectivity index (χ4n) is 2.33. The summed E-state index contributed by atoms with van der Waals surface area (Å²) in [6.07, 6.45) is 13.3. The monoisotopic (exact) mass is 340 g/mol. The number of carboxylic acids is 3. The zero-order valence-electron chi connectivity index (χ0n) is 14.1. The molecular weight excluding hydrogens is 312 g/mol. The Kier molecular flexibility index (Phi) is 13.2. The normalized spacial score (nSPS) is 11.8. The van der Waals surface area contributed by atoms with Crippen LogP contribution in [0.15, 0.2) is 23.8 Å². The van der Waals surface area contributed by atoms with Crippen LogP contribution in [-0.2, 0) is 14.4 Å². The van der Waals surface area contributed by atoms with Gasteiger partial charge < -0.3 is 15.3 Å². The molecule has 6 nitrogen and oxygen atoms in total. The van der Waals surface area contributed by atoms with Crippen LogP contribution in [0.4, 0.5) is 0 Å². The second-order valence-electron chi connectivity index (χ2n) is 5.79. The van der Waals surface area contributed by atoms with E-state index in [9.17, 15) is 14.4 Å². The minimum atomic E-state index is -1.14. The number of unbranched alkanes of at least 4 members (excludes halogenated alkanes) is 8. The largest absolute Gasteiger partial charge is 0.481 e. The van der Waals surface area contributed by atoms with E-state index in [0.717, 1.165) is 63.9 Å². The Balaban J connectivity index is 3.65. The molecule has 3 N–H and O–H groups in total. The van der Waals surface area contributed by atoms with Gasteiger partial charge in [-0.05, 0) is 24.8 Å². The minimum Gasteiger partial charge on any atom is -0.481 e. The molecule has 0 amide bonds. The molecule has 0 aliphatic heterocycles. The second kappa shape index (κ2) is 14.5. The predicted octanol–water partition coefficient (Wildman–Crippen LogP) is 4.01. The van der Waals surface area contributed by atoms with Crippen molar-refractivity contribution in [1.82, 2.24) is 0 Å². The van der Waals surface area contributed by atoms with Gasteiger partial charge in [-0.15, -0.1) is 0 Å². The third-order valence-electron chi connectivity index (χ3n) is 3.51. The van der Waals surface area contributed by atoms with E-state index < -0.39 is 17.9 Å². The molecule has 24 heavy (non-hydrogen) atoms. The van der Waals surface area contributed by atoms with Gasteiger partial charge in [0.25, 0.3) is 0 Å². The molecule has 0 rings (SSSR count). The summed E-state index contributed by atoms with van der Waals surface area (Å²) < 4.78 is 0. The molecule has 136 valence electrons. The molecule has 0 aromatic rings. The number of carbonyl (C=O) groups is 3. The maximum Gasteiger partial charge on any atom is 0.328 e. The molecule has 0 atom stereocenters. The minimum absolute atomic E-state index is 0.256. The average Bonchev–Trinajstić information content (AvgIpc) is 2.46. The molecule has 0 radical (unpaired) electrons. The fourth-order valence-corrected chi connectivity index (χ4v) is 2.33. The topological polar surface area (TPSA) is 112 Å². The zero-order chi connectivity index (χ0) is 18.2. The quantitative estimate of drug-likeness (QED) is 0.236. The van der Waals surface area contributed by atoms with Gasteiger partial charge in [-0.3, -0.25) is 9.59 Å². The number of aliphatic carboxylic acids is 3. The number of rotatable bonds is 15. The van der Waals surface area contributed by atoms with Gasteiger partial charge >= 0.3 is 17.9 Å². The van der Waals surface area contributed by atoms with Crippen molar-refractivity contribution < 1.29 is 29.7 Å². The van der Waals surface area contributed by atoms with Crippen LogP contribution in [0.25, 0.3) is 0 Å². The van der Waals surface area contributed by atoms with Crippen LogP contribution < -0.4 is 0 Å². The highest BCUT2D eigenvalue weighted by Gasteiger charge is 2.02. The van der Waals surface area contributed by atoms with E-state index in [0.29, 0.717) is 0 Å². The van der Waals surface area contributed by atoms with Gasteiger partial charge in [0.1, 0.15) is 0 Å². The van der Waals surface area contributed by atoms with Crippen LogP contribution in [0.5, 0.6) is 0 Å². The smallest absolute Gasteiger partial charge is 0.328 e. The molecule has 0 aromatic carbocycles. The summed E-state index contributed by atoms with van der Waals surface area (Å²) in [5, 5.41) is 25.9. The second-order valence-corrected chi connectivity index (χ2v) is 5.79. The molecule has 6 heteroatoms. The third-order valence-corrected chi connectivity index (χ3v) is 3.51. The molecule has 0 unspecified atom stereocenters. The fraction of sp³-hybridized carbons (Fsp3) is 0.611. The van der Waals surface area contributed by atoms with Crippen LogP contribution in [0.1, 0.15) is 70.6 Å². The van der Waals surface area contributed by atoms with Crippen LogP contribution in [-0.4, -0.2) is 33.2 Å². The Bertz CT molecular complexity index is 450.